The molecule has 1 aliphatic heterocycles. The van der Waals surface area contributed by atoms with Gasteiger partial charge in [-0.05, 0) is 12.8 Å². The topological polar surface area (TPSA) is 46.3 Å². The average Bonchev–Trinajstić information content (AvgIpc) is 2.13. The van der Waals surface area contributed by atoms with Gasteiger partial charge in [0.05, 0.1) is 6.42 Å². The number of nitrogens with zero attached hydrogens (tertiary/aromatic N) is 1. The Bertz CT molecular complexity index is 230. The van der Waals surface area contributed by atoms with Crippen LogP contribution < -0.4 is 5.73 Å². The summed E-state index contributed by atoms with van der Waals surface area (Å²) in [4.78, 5) is 12.8. The van der Waals surface area contributed by atoms with Gasteiger partial charge in [-0.1, -0.05) is 0 Å². The van der Waals surface area contributed by atoms with Crippen LogP contribution in [0.25, 0.3) is 0 Å². The molecule has 0 saturated carbocycles. The minimum absolute atomic E-state index is 0.0893. The first-order chi connectivity index (χ1) is 6.88. The number of hydrogen-bond acceptors (Lipinski definition) is 2. The summed E-state index contributed by atoms with van der Waals surface area (Å²) in [7, 11) is 0. The number of amides is 1. The van der Waals surface area contributed by atoms with Crippen molar-refractivity contribution in [1.29, 1.82) is 0 Å². The van der Waals surface area contributed by atoms with Crippen molar-refractivity contribution in [3.05, 3.63) is 0 Å². The van der Waals surface area contributed by atoms with Gasteiger partial charge in [0.2, 0.25) is 5.91 Å². The van der Waals surface area contributed by atoms with Crippen LogP contribution in [0.3, 0.4) is 0 Å². The van der Waals surface area contributed by atoms with Gasteiger partial charge in [-0.15, -0.1) is 0 Å². The molecule has 0 aliphatic carbocycles. The molecule has 3 nitrogen and oxygen atoms in total. The Morgan fingerprint density at radius 2 is 2.13 bits per heavy atom. The Kier molecular flexibility index (Phi) is 3.96. The Labute approximate surface area is 86.4 Å². The van der Waals surface area contributed by atoms with Crippen molar-refractivity contribution in [3.8, 4) is 0 Å². The van der Waals surface area contributed by atoms with Crippen LogP contribution in [-0.4, -0.2) is 36.1 Å². The lowest BCUT2D eigenvalue weighted by molar-refractivity contribution is -0.149. The van der Waals surface area contributed by atoms with E-state index in [0.29, 0.717) is 13.1 Å². The maximum atomic E-state index is 11.9. The van der Waals surface area contributed by atoms with Gasteiger partial charge in [0.1, 0.15) is 0 Å². The molecule has 2 N–H and O–H groups in total. The minimum atomic E-state index is -4.26. The zero-order valence-electron chi connectivity index (χ0n) is 8.39. The molecule has 1 heterocycles. The Morgan fingerprint density at radius 1 is 1.47 bits per heavy atom. The molecule has 0 bridgehead atoms. The molecule has 15 heavy (non-hydrogen) atoms. The molecule has 1 aliphatic rings. The van der Waals surface area contributed by atoms with Gasteiger partial charge in [-0.25, -0.2) is 0 Å². The number of hydrogen-bond donors (Lipinski definition) is 1. The third-order valence-electron chi connectivity index (χ3n) is 2.43. The molecule has 1 unspecified atom stereocenters. The first-order valence-electron chi connectivity index (χ1n) is 4.98. The van der Waals surface area contributed by atoms with E-state index in [1.807, 2.05) is 0 Å². The van der Waals surface area contributed by atoms with Crippen molar-refractivity contribution in [3.63, 3.8) is 0 Å². The maximum Gasteiger partial charge on any atom is 0.389 e. The van der Waals surface area contributed by atoms with E-state index in [9.17, 15) is 18.0 Å². The maximum absolute atomic E-state index is 11.9. The van der Waals surface area contributed by atoms with Gasteiger partial charge in [0.25, 0.3) is 0 Å². The molecule has 88 valence electrons. The molecule has 0 spiro atoms. The van der Waals surface area contributed by atoms with Crippen molar-refractivity contribution in [2.75, 3.05) is 13.1 Å². The van der Waals surface area contributed by atoms with Gasteiger partial charge < -0.3 is 10.6 Å². The highest BCUT2D eigenvalue weighted by molar-refractivity contribution is 5.76. The summed E-state index contributed by atoms with van der Waals surface area (Å²) in [5.41, 5.74) is 5.63. The quantitative estimate of drug-likeness (QED) is 0.768. The first-order valence-corrected chi connectivity index (χ1v) is 4.98. The molecule has 1 atom stereocenters. The fourth-order valence-corrected chi connectivity index (χ4v) is 1.64. The molecule has 1 rings (SSSR count). The molecular weight excluding hydrogens is 209 g/mol. The number of rotatable bonds is 2. The summed E-state index contributed by atoms with van der Waals surface area (Å²) in [6.07, 6.45) is -4.15. The lowest BCUT2D eigenvalue weighted by Gasteiger charge is -2.30. The SMILES string of the molecule is NC1CCCN(C(=O)CCC(F)(F)F)C1. The number of halogens is 3. The van der Waals surface area contributed by atoms with Crippen molar-refractivity contribution in [2.45, 2.75) is 37.9 Å². The number of likely N-dealkylation sites (tertiary alicyclic amines) is 1. The van der Waals surface area contributed by atoms with Gasteiger partial charge in [-0.3, -0.25) is 4.79 Å². The zero-order valence-corrected chi connectivity index (χ0v) is 8.39. The van der Waals surface area contributed by atoms with Crippen LogP contribution in [0.4, 0.5) is 13.2 Å². The molecule has 0 aromatic rings. The van der Waals surface area contributed by atoms with Crippen LogP contribution in [0, 0.1) is 0 Å². The highest BCUT2D eigenvalue weighted by atomic mass is 19.4. The second kappa shape index (κ2) is 4.83. The summed E-state index contributed by atoms with van der Waals surface area (Å²) >= 11 is 0. The highest BCUT2D eigenvalue weighted by Gasteiger charge is 2.30. The second-order valence-corrected chi connectivity index (χ2v) is 3.86. The van der Waals surface area contributed by atoms with Gasteiger partial charge in [0, 0.05) is 25.6 Å². The van der Waals surface area contributed by atoms with Crippen LogP contribution in [-0.2, 0) is 4.79 Å². The standard InChI is InChI=1S/C9H15F3N2O/c10-9(11,12)4-3-8(15)14-5-1-2-7(13)6-14/h7H,1-6,13H2. The van der Waals surface area contributed by atoms with E-state index in [-0.39, 0.29) is 6.04 Å². The molecule has 0 radical (unpaired) electrons. The van der Waals surface area contributed by atoms with E-state index >= 15 is 0 Å². The smallest absolute Gasteiger partial charge is 0.341 e. The Balaban J connectivity index is 2.33. The number of carbonyl (C=O) groups excluding carboxylic acids is 1. The summed E-state index contributed by atoms with van der Waals surface area (Å²) in [6.45, 7) is 0.918. The van der Waals surface area contributed by atoms with Crippen LogP contribution in [0.1, 0.15) is 25.7 Å². The first kappa shape index (κ1) is 12.3. The van der Waals surface area contributed by atoms with Crippen LogP contribution in [0.15, 0.2) is 0 Å². The third-order valence-corrected chi connectivity index (χ3v) is 2.43. The van der Waals surface area contributed by atoms with Crippen molar-refractivity contribution >= 4 is 5.91 Å². The van der Waals surface area contributed by atoms with Crippen LogP contribution in [0.2, 0.25) is 0 Å². The van der Waals surface area contributed by atoms with Gasteiger partial charge in [0.15, 0.2) is 0 Å². The Morgan fingerprint density at radius 3 is 2.67 bits per heavy atom. The molecule has 0 aromatic heterocycles. The lowest BCUT2D eigenvalue weighted by Crippen LogP contribution is -2.45. The van der Waals surface area contributed by atoms with Crippen molar-refractivity contribution in [1.82, 2.24) is 4.90 Å². The number of piperidine rings is 1. The lowest BCUT2D eigenvalue weighted by atomic mass is 10.1. The van der Waals surface area contributed by atoms with E-state index in [0.717, 1.165) is 12.8 Å². The fourth-order valence-electron chi connectivity index (χ4n) is 1.64. The number of carbonyl (C=O) groups is 1. The summed E-state index contributed by atoms with van der Waals surface area (Å²) in [6, 6.07) is -0.0893. The average molecular weight is 224 g/mol. The van der Waals surface area contributed by atoms with Crippen molar-refractivity contribution < 1.29 is 18.0 Å². The van der Waals surface area contributed by atoms with E-state index < -0.39 is 24.9 Å². The van der Waals surface area contributed by atoms with Gasteiger partial charge in [-0.2, -0.15) is 13.2 Å². The monoisotopic (exact) mass is 224 g/mol. The fraction of sp³-hybridized carbons (Fsp3) is 0.889. The van der Waals surface area contributed by atoms with E-state index in [4.69, 9.17) is 5.73 Å². The summed E-state index contributed by atoms with van der Waals surface area (Å²) in [5, 5.41) is 0. The normalized spacial score (nSPS) is 22.9. The van der Waals surface area contributed by atoms with Gasteiger partial charge >= 0.3 is 6.18 Å². The van der Waals surface area contributed by atoms with Crippen LogP contribution in [0.5, 0.6) is 0 Å². The summed E-state index contributed by atoms with van der Waals surface area (Å²) < 4.78 is 35.6. The molecule has 1 saturated heterocycles. The van der Waals surface area contributed by atoms with E-state index in [2.05, 4.69) is 0 Å². The second-order valence-electron chi connectivity index (χ2n) is 3.86. The molecule has 1 fully saturated rings. The molecule has 0 aromatic carbocycles. The van der Waals surface area contributed by atoms with Crippen molar-refractivity contribution in [2.24, 2.45) is 5.73 Å². The minimum Gasteiger partial charge on any atom is -0.341 e. The molecular formula is C9H15F3N2O. The van der Waals surface area contributed by atoms with Crippen LogP contribution >= 0.6 is 0 Å². The van der Waals surface area contributed by atoms with E-state index in [1.54, 1.807) is 0 Å². The predicted molar refractivity (Wildman–Crippen MR) is 49.1 cm³/mol. The zero-order chi connectivity index (χ0) is 11.5. The third kappa shape index (κ3) is 4.51. The largest absolute Gasteiger partial charge is 0.389 e. The molecule has 6 heteroatoms. The summed E-state index contributed by atoms with van der Waals surface area (Å²) in [5.74, 6) is -0.442. The predicted octanol–water partition coefficient (Wildman–Crippen LogP) is 1.28. The number of nitrogens with two attached hydrogens (primary N) is 1. The Hall–Kier alpha value is -0.780. The number of alkyl halides is 3. The molecule has 1 amide bonds. The van der Waals surface area contributed by atoms with E-state index in [1.165, 1.54) is 4.90 Å². The highest BCUT2D eigenvalue weighted by Crippen LogP contribution is 2.22.